The fourth-order valence-electron chi connectivity index (χ4n) is 3.20. The summed E-state index contributed by atoms with van der Waals surface area (Å²) in [4.78, 5) is 9.51. The van der Waals surface area contributed by atoms with E-state index in [1.807, 2.05) is 6.20 Å². The number of rotatable bonds is 1. The molecule has 1 aliphatic rings. The van der Waals surface area contributed by atoms with Crippen molar-refractivity contribution in [2.75, 3.05) is 38.1 Å². The summed E-state index contributed by atoms with van der Waals surface area (Å²) in [5, 5.41) is 3.76. The first-order valence-corrected chi connectivity index (χ1v) is 7.53. The Hall–Kier alpha value is -2.13. The second-order valence-electron chi connectivity index (χ2n) is 5.80. The predicted molar refractivity (Wildman–Crippen MR) is 89.0 cm³/mol. The fraction of sp³-hybridized carbons (Fsp3) is 0.278. The Labute approximate surface area is 124 Å². The topological polar surface area (TPSA) is 19.4 Å². The van der Waals surface area contributed by atoms with E-state index < -0.39 is 0 Å². The molecule has 0 saturated carbocycles. The Kier molecular flexibility index (Phi) is 3.00. The number of benzene rings is 2. The van der Waals surface area contributed by atoms with Crippen LogP contribution in [0.15, 0.2) is 48.7 Å². The monoisotopic (exact) mass is 277 g/mol. The molecule has 3 heteroatoms. The molecule has 1 saturated heterocycles. The molecule has 0 N–H and O–H groups in total. The van der Waals surface area contributed by atoms with Crippen molar-refractivity contribution in [1.82, 2.24) is 9.88 Å². The molecule has 4 rings (SSSR count). The van der Waals surface area contributed by atoms with Crippen molar-refractivity contribution in [3.05, 3.63) is 48.7 Å². The maximum Gasteiger partial charge on any atom is 0.0801 e. The minimum Gasteiger partial charge on any atom is -0.368 e. The van der Waals surface area contributed by atoms with Gasteiger partial charge in [-0.3, -0.25) is 4.98 Å². The van der Waals surface area contributed by atoms with E-state index in [0.29, 0.717) is 0 Å². The average molecular weight is 277 g/mol. The van der Waals surface area contributed by atoms with Crippen LogP contribution in [-0.4, -0.2) is 43.1 Å². The molecule has 0 atom stereocenters. The van der Waals surface area contributed by atoms with Gasteiger partial charge in [0.1, 0.15) is 0 Å². The molecule has 1 aromatic heterocycles. The van der Waals surface area contributed by atoms with E-state index in [2.05, 4.69) is 64.3 Å². The van der Waals surface area contributed by atoms with Crippen LogP contribution in [0, 0.1) is 0 Å². The third-order valence-corrected chi connectivity index (χ3v) is 4.46. The Balaban J connectivity index is 1.88. The third kappa shape index (κ3) is 2.14. The number of aromatic nitrogens is 1. The van der Waals surface area contributed by atoms with Gasteiger partial charge >= 0.3 is 0 Å². The summed E-state index contributed by atoms with van der Waals surface area (Å²) in [5.41, 5.74) is 2.43. The van der Waals surface area contributed by atoms with E-state index in [1.165, 1.54) is 21.8 Å². The second kappa shape index (κ2) is 5.01. The van der Waals surface area contributed by atoms with Gasteiger partial charge in [-0.05, 0) is 18.5 Å². The van der Waals surface area contributed by atoms with Crippen LogP contribution in [0.5, 0.6) is 0 Å². The number of piperazine rings is 1. The zero-order chi connectivity index (χ0) is 14.2. The lowest BCUT2D eigenvalue weighted by Crippen LogP contribution is -2.44. The maximum absolute atomic E-state index is 4.64. The molecular formula is C18H19N3. The van der Waals surface area contributed by atoms with Crippen LogP contribution < -0.4 is 4.90 Å². The van der Waals surface area contributed by atoms with Gasteiger partial charge in [0.2, 0.25) is 0 Å². The molecule has 3 aromatic rings. The molecule has 0 radical (unpaired) electrons. The minimum atomic E-state index is 1.09. The number of fused-ring (bicyclic) bond motifs is 3. The molecule has 0 amide bonds. The lowest BCUT2D eigenvalue weighted by Gasteiger charge is -2.34. The summed E-state index contributed by atoms with van der Waals surface area (Å²) in [7, 11) is 2.19. The Morgan fingerprint density at radius 3 is 2.52 bits per heavy atom. The van der Waals surface area contributed by atoms with Crippen molar-refractivity contribution in [2.45, 2.75) is 0 Å². The van der Waals surface area contributed by atoms with Crippen molar-refractivity contribution in [3.8, 4) is 0 Å². The van der Waals surface area contributed by atoms with Gasteiger partial charge in [-0.1, -0.05) is 36.4 Å². The Morgan fingerprint density at radius 1 is 0.857 bits per heavy atom. The van der Waals surface area contributed by atoms with Gasteiger partial charge in [-0.25, -0.2) is 0 Å². The van der Waals surface area contributed by atoms with E-state index in [0.717, 1.165) is 31.7 Å². The summed E-state index contributed by atoms with van der Waals surface area (Å²) < 4.78 is 0. The van der Waals surface area contributed by atoms with Crippen molar-refractivity contribution in [2.24, 2.45) is 0 Å². The molecular weight excluding hydrogens is 258 g/mol. The number of anilines is 1. The molecule has 0 unspecified atom stereocenters. The zero-order valence-electron chi connectivity index (χ0n) is 12.3. The molecule has 3 nitrogen and oxygen atoms in total. The van der Waals surface area contributed by atoms with Crippen LogP contribution in [-0.2, 0) is 0 Å². The normalized spacial score (nSPS) is 16.7. The van der Waals surface area contributed by atoms with Crippen LogP contribution in [0.1, 0.15) is 0 Å². The smallest absolute Gasteiger partial charge is 0.0801 e. The zero-order valence-corrected chi connectivity index (χ0v) is 12.3. The van der Waals surface area contributed by atoms with Gasteiger partial charge in [0.05, 0.1) is 5.52 Å². The highest BCUT2D eigenvalue weighted by molar-refractivity contribution is 6.09. The molecule has 0 aliphatic carbocycles. The summed E-state index contributed by atoms with van der Waals surface area (Å²) in [6.45, 7) is 4.42. The highest BCUT2D eigenvalue weighted by Gasteiger charge is 2.16. The van der Waals surface area contributed by atoms with Crippen molar-refractivity contribution >= 4 is 27.4 Å². The molecule has 1 aliphatic heterocycles. The minimum absolute atomic E-state index is 1.09. The van der Waals surface area contributed by atoms with Gasteiger partial charge in [0.25, 0.3) is 0 Å². The fourth-order valence-corrected chi connectivity index (χ4v) is 3.20. The third-order valence-electron chi connectivity index (χ3n) is 4.46. The largest absolute Gasteiger partial charge is 0.368 e. The van der Waals surface area contributed by atoms with Gasteiger partial charge in [-0.2, -0.15) is 0 Å². The summed E-state index contributed by atoms with van der Waals surface area (Å²) in [6.07, 6.45) is 1.95. The Bertz CT molecular complexity index is 789. The summed E-state index contributed by atoms with van der Waals surface area (Å²) in [6, 6.07) is 15.1. The molecule has 1 fully saturated rings. The SMILES string of the molecule is CN1CCN(c2ccnc3c2ccc2ccccc23)CC1. The number of likely N-dealkylation sites (N-methyl/N-ethyl adjacent to an activating group) is 1. The lowest BCUT2D eigenvalue weighted by molar-refractivity contribution is 0.313. The van der Waals surface area contributed by atoms with Gasteiger partial charge in [-0.15, -0.1) is 0 Å². The van der Waals surface area contributed by atoms with E-state index in [4.69, 9.17) is 0 Å². The Morgan fingerprint density at radius 2 is 1.67 bits per heavy atom. The van der Waals surface area contributed by atoms with Gasteiger partial charge < -0.3 is 9.80 Å². The summed E-state index contributed by atoms with van der Waals surface area (Å²) in [5.74, 6) is 0. The predicted octanol–water partition coefficient (Wildman–Crippen LogP) is 3.14. The lowest BCUT2D eigenvalue weighted by atomic mass is 10.0. The highest BCUT2D eigenvalue weighted by Crippen LogP contribution is 2.31. The van der Waals surface area contributed by atoms with Crippen molar-refractivity contribution in [1.29, 1.82) is 0 Å². The first kappa shape index (κ1) is 12.6. The van der Waals surface area contributed by atoms with E-state index in [-0.39, 0.29) is 0 Å². The van der Waals surface area contributed by atoms with Gasteiger partial charge in [0.15, 0.2) is 0 Å². The van der Waals surface area contributed by atoms with E-state index in [1.54, 1.807) is 0 Å². The first-order chi connectivity index (χ1) is 10.3. The average Bonchev–Trinajstić information content (AvgIpc) is 2.55. The van der Waals surface area contributed by atoms with E-state index >= 15 is 0 Å². The number of pyridine rings is 1. The van der Waals surface area contributed by atoms with Crippen LogP contribution in [0.25, 0.3) is 21.7 Å². The number of hydrogen-bond acceptors (Lipinski definition) is 3. The van der Waals surface area contributed by atoms with Crippen LogP contribution >= 0.6 is 0 Å². The van der Waals surface area contributed by atoms with Crippen LogP contribution in [0.3, 0.4) is 0 Å². The molecule has 2 aromatic carbocycles. The standard InChI is InChI=1S/C18H19N3/c1-20-10-12-21(13-11-20)17-8-9-19-18-15-5-3-2-4-14(15)6-7-16(17)18/h2-9H,10-13H2,1H3. The quantitative estimate of drug-likeness (QED) is 0.637. The molecule has 0 spiro atoms. The first-order valence-electron chi connectivity index (χ1n) is 7.53. The molecule has 106 valence electrons. The van der Waals surface area contributed by atoms with E-state index in [9.17, 15) is 0 Å². The molecule has 21 heavy (non-hydrogen) atoms. The molecule has 2 heterocycles. The highest BCUT2D eigenvalue weighted by atomic mass is 15.2. The van der Waals surface area contributed by atoms with Crippen LogP contribution in [0.2, 0.25) is 0 Å². The summed E-state index contributed by atoms with van der Waals surface area (Å²) >= 11 is 0. The maximum atomic E-state index is 4.64. The van der Waals surface area contributed by atoms with Crippen molar-refractivity contribution in [3.63, 3.8) is 0 Å². The number of hydrogen-bond donors (Lipinski definition) is 0. The van der Waals surface area contributed by atoms with Crippen molar-refractivity contribution < 1.29 is 0 Å². The van der Waals surface area contributed by atoms with Crippen LogP contribution in [0.4, 0.5) is 5.69 Å². The molecule has 0 bridgehead atoms. The second-order valence-corrected chi connectivity index (χ2v) is 5.80. The number of nitrogens with zero attached hydrogens (tertiary/aromatic N) is 3. The van der Waals surface area contributed by atoms with Gasteiger partial charge in [0, 0.05) is 48.8 Å².